The SMILES string of the molecule is Cc1csc(SCC(=O)Nc2c(C#N)c(C)c(C)n2-c2ccccc2)n1. The van der Waals surface area contributed by atoms with Crippen LogP contribution in [0.4, 0.5) is 5.82 Å². The lowest BCUT2D eigenvalue weighted by Gasteiger charge is -2.13. The molecule has 0 saturated heterocycles. The van der Waals surface area contributed by atoms with Gasteiger partial charge in [-0.25, -0.2) is 4.98 Å². The summed E-state index contributed by atoms with van der Waals surface area (Å²) >= 11 is 2.92. The summed E-state index contributed by atoms with van der Waals surface area (Å²) < 4.78 is 2.79. The molecule has 0 spiro atoms. The number of thiazole rings is 1. The molecule has 0 fully saturated rings. The Kier molecular flexibility index (Phi) is 5.45. The van der Waals surface area contributed by atoms with Crippen molar-refractivity contribution in [3.63, 3.8) is 0 Å². The minimum Gasteiger partial charge on any atom is -0.310 e. The molecule has 0 saturated carbocycles. The van der Waals surface area contributed by atoms with Crippen LogP contribution >= 0.6 is 23.1 Å². The molecule has 1 amide bonds. The van der Waals surface area contributed by atoms with Crippen molar-refractivity contribution in [3.8, 4) is 11.8 Å². The third-order valence-electron chi connectivity index (χ3n) is 4.02. The van der Waals surface area contributed by atoms with E-state index in [1.807, 2.05) is 61.1 Å². The first-order valence-electron chi connectivity index (χ1n) is 8.03. The zero-order valence-electron chi connectivity index (χ0n) is 14.7. The maximum absolute atomic E-state index is 12.5. The summed E-state index contributed by atoms with van der Waals surface area (Å²) in [6.07, 6.45) is 0. The smallest absolute Gasteiger partial charge is 0.235 e. The van der Waals surface area contributed by atoms with Crippen LogP contribution in [0.5, 0.6) is 0 Å². The van der Waals surface area contributed by atoms with Crippen LogP contribution in [0.1, 0.15) is 22.5 Å². The van der Waals surface area contributed by atoms with Crippen molar-refractivity contribution < 1.29 is 4.79 Å². The van der Waals surface area contributed by atoms with E-state index >= 15 is 0 Å². The van der Waals surface area contributed by atoms with Gasteiger partial charge in [-0.3, -0.25) is 9.36 Å². The summed E-state index contributed by atoms with van der Waals surface area (Å²) in [5, 5.41) is 14.5. The van der Waals surface area contributed by atoms with E-state index in [2.05, 4.69) is 16.4 Å². The Hall–Kier alpha value is -2.56. The van der Waals surface area contributed by atoms with Crippen molar-refractivity contribution in [3.05, 3.63) is 58.2 Å². The van der Waals surface area contributed by atoms with Gasteiger partial charge >= 0.3 is 0 Å². The maximum Gasteiger partial charge on any atom is 0.235 e. The lowest BCUT2D eigenvalue weighted by molar-refractivity contribution is -0.113. The van der Waals surface area contributed by atoms with E-state index < -0.39 is 0 Å². The van der Waals surface area contributed by atoms with Crippen molar-refractivity contribution in [1.29, 1.82) is 5.26 Å². The third-order valence-corrected chi connectivity index (χ3v) is 6.16. The standard InChI is InChI=1S/C19H18N4OS2/c1-12-10-25-19(21-12)26-11-17(24)22-18-16(9-20)13(2)14(3)23(18)15-7-5-4-6-8-15/h4-8,10H,11H2,1-3H3,(H,22,24). The number of nitrogens with zero attached hydrogens (tertiary/aromatic N) is 3. The van der Waals surface area contributed by atoms with Crippen molar-refractivity contribution in [2.24, 2.45) is 0 Å². The molecule has 132 valence electrons. The number of aryl methyl sites for hydroxylation is 1. The molecule has 0 unspecified atom stereocenters. The summed E-state index contributed by atoms with van der Waals surface area (Å²) in [5.41, 5.74) is 4.16. The summed E-state index contributed by atoms with van der Waals surface area (Å²) in [7, 11) is 0. The molecule has 0 aliphatic rings. The van der Waals surface area contributed by atoms with Gasteiger partial charge in [-0.1, -0.05) is 30.0 Å². The minimum absolute atomic E-state index is 0.158. The number of anilines is 1. The second-order valence-corrected chi connectivity index (χ2v) is 7.89. The van der Waals surface area contributed by atoms with Gasteiger partial charge in [-0.2, -0.15) is 5.26 Å². The van der Waals surface area contributed by atoms with Gasteiger partial charge in [0, 0.05) is 22.5 Å². The van der Waals surface area contributed by atoms with E-state index in [0.29, 0.717) is 11.4 Å². The Morgan fingerprint density at radius 2 is 2.04 bits per heavy atom. The largest absolute Gasteiger partial charge is 0.310 e. The monoisotopic (exact) mass is 382 g/mol. The second-order valence-electron chi connectivity index (χ2n) is 5.81. The van der Waals surface area contributed by atoms with E-state index in [1.54, 1.807) is 0 Å². The normalized spacial score (nSPS) is 10.5. The topological polar surface area (TPSA) is 70.7 Å². The molecule has 5 nitrogen and oxygen atoms in total. The highest BCUT2D eigenvalue weighted by Gasteiger charge is 2.20. The van der Waals surface area contributed by atoms with E-state index in [-0.39, 0.29) is 11.7 Å². The summed E-state index contributed by atoms with van der Waals surface area (Å²) in [6, 6.07) is 11.9. The molecular formula is C19H18N4OS2. The molecule has 2 aromatic heterocycles. The highest BCUT2D eigenvalue weighted by molar-refractivity contribution is 8.01. The van der Waals surface area contributed by atoms with E-state index in [1.165, 1.54) is 23.1 Å². The van der Waals surface area contributed by atoms with Crippen molar-refractivity contribution in [2.75, 3.05) is 11.1 Å². The highest BCUT2D eigenvalue weighted by atomic mass is 32.2. The number of carbonyl (C=O) groups excluding carboxylic acids is 1. The molecule has 7 heteroatoms. The fraction of sp³-hybridized carbons (Fsp3) is 0.211. The predicted octanol–water partition coefficient (Wildman–Crippen LogP) is 4.46. The average Bonchev–Trinajstić information content (AvgIpc) is 3.15. The van der Waals surface area contributed by atoms with Gasteiger partial charge in [0.1, 0.15) is 11.9 Å². The van der Waals surface area contributed by atoms with Gasteiger partial charge in [0.05, 0.1) is 11.3 Å². The molecule has 0 bridgehead atoms. The van der Waals surface area contributed by atoms with Gasteiger partial charge in [0.25, 0.3) is 0 Å². The number of para-hydroxylation sites is 1. The first-order chi connectivity index (χ1) is 12.5. The lowest BCUT2D eigenvalue weighted by Crippen LogP contribution is -2.17. The Labute approximate surface area is 160 Å². The number of nitrogens with one attached hydrogen (secondary N) is 1. The summed E-state index contributed by atoms with van der Waals surface area (Å²) in [6.45, 7) is 5.78. The molecule has 1 aromatic carbocycles. The van der Waals surface area contributed by atoms with Crippen molar-refractivity contribution in [2.45, 2.75) is 25.1 Å². The Morgan fingerprint density at radius 3 is 2.65 bits per heavy atom. The molecule has 0 aliphatic heterocycles. The van der Waals surface area contributed by atoms with Crippen LogP contribution in [0.2, 0.25) is 0 Å². The number of rotatable bonds is 5. The lowest BCUT2D eigenvalue weighted by atomic mass is 10.2. The van der Waals surface area contributed by atoms with Crippen molar-refractivity contribution in [1.82, 2.24) is 9.55 Å². The number of hydrogen-bond donors (Lipinski definition) is 1. The average molecular weight is 383 g/mol. The van der Waals surface area contributed by atoms with E-state index in [0.717, 1.165) is 27.0 Å². The number of thioether (sulfide) groups is 1. The first kappa shape index (κ1) is 18.2. The van der Waals surface area contributed by atoms with Crippen LogP contribution in [-0.4, -0.2) is 21.2 Å². The number of aromatic nitrogens is 2. The third kappa shape index (κ3) is 3.66. The van der Waals surface area contributed by atoms with Gasteiger partial charge in [0.15, 0.2) is 4.34 Å². The molecule has 0 radical (unpaired) electrons. The van der Waals surface area contributed by atoms with Crippen LogP contribution in [-0.2, 0) is 4.79 Å². The number of nitriles is 1. The number of amides is 1. The fourth-order valence-corrected chi connectivity index (χ4v) is 4.30. The second kappa shape index (κ2) is 7.77. The van der Waals surface area contributed by atoms with Crippen LogP contribution in [0.25, 0.3) is 5.69 Å². The molecular weight excluding hydrogens is 364 g/mol. The first-order valence-corrected chi connectivity index (χ1v) is 9.90. The highest BCUT2D eigenvalue weighted by Crippen LogP contribution is 2.30. The fourth-order valence-electron chi connectivity index (χ4n) is 2.65. The van der Waals surface area contributed by atoms with E-state index in [4.69, 9.17) is 0 Å². The summed E-state index contributed by atoms with van der Waals surface area (Å²) in [5.74, 6) is 0.610. The van der Waals surface area contributed by atoms with E-state index in [9.17, 15) is 10.1 Å². The molecule has 0 atom stereocenters. The van der Waals surface area contributed by atoms with Gasteiger partial charge in [-0.05, 0) is 38.5 Å². The summed E-state index contributed by atoms with van der Waals surface area (Å²) in [4.78, 5) is 16.8. The minimum atomic E-state index is -0.158. The molecule has 0 aliphatic carbocycles. The van der Waals surface area contributed by atoms with Crippen LogP contribution in [0.15, 0.2) is 40.1 Å². The maximum atomic E-state index is 12.5. The van der Waals surface area contributed by atoms with Crippen LogP contribution < -0.4 is 5.32 Å². The molecule has 3 aromatic rings. The Bertz CT molecular complexity index is 983. The van der Waals surface area contributed by atoms with Crippen LogP contribution in [0, 0.1) is 32.1 Å². The zero-order valence-corrected chi connectivity index (χ0v) is 16.4. The van der Waals surface area contributed by atoms with Crippen molar-refractivity contribution >= 4 is 34.8 Å². The van der Waals surface area contributed by atoms with Gasteiger partial charge in [-0.15, -0.1) is 11.3 Å². The molecule has 1 N–H and O–H groups in total. The van der Waals surface area contributed by atoms with Crippen LogP contribution in [0.3, 0.4) is 0 Å². The number of benzene rings is 1. The Balaban J connectivity index is 1.88. The van der Waals surface area contributed by atoms with Gasteiger partial charge < -0.3 is 5.32 Å². The number of carbonyl (C=O) groups is 1. The molecule has 2 heterocycles. The predicted molar refractivity (Wildman–Crippen MR) is 106 cm³/mol. The Morgan fingerprint density at radius 1 is 1.31 bits per heavy atom. The number of hydrogen-bond acceptors (Lipinski definition) is 5. The van der Waals surface area contributed by atoms with Gasteiger partial charge in [0.2, 0.25) is 5.91 Å². The molecule has 26 heavy (non-hydrogen) atoms. The molecule has 3 rings (SSSR count). The zero-order chi connectivity index (χ0) is 18.7. The quantitative estimate of drug-likeness (QED) is 0.661.